The van der Waals surface area contributed by atoms with Crippen LogP contribution in [-0.2, 0) is 21.7 Å². The molecular formula is C34H47O2P. The Hall–Kier alpha value is -1.99. The van der Waals surface area contributed by atoms with E-state index >= 15 is 0 Å². The maximum atomic E-state index is 10.6. The standard InChI is InChI=1S/C34H47O2P/c1-31(2,3)22-16-18-24(27(20-22)33(7,8)9)25-14-13-15-29(37(35)36)30(25)26-19-17-23(32(4,5)6)21-28(26)34(10,11)12/h13-21,35-36H,1-12H3. The predicted octanol–water partition coefficient (Wildman–Crippen LogP) is 9.13. The van der Waals surface area contributed by atoms with Gasteiger partial charge in [-0.05, 0) is 66.7 Å². The summed E-state index contributed by atoms with van der Waals surface area (Å²) in [5, 5.41) is 0.598. The minimum absolute atomic E-state index is 0.0175. The molecule has 0 heterocycles. The summed E-state index contributed by atoms with van der Waals surface area (Å²) in [6, 6.07) is 19.5. The molecule has 0 spiro atoms. The van der Waals surface area contributed by atoms with Crippen LogP contribution in [-0.4, -0.2) is 9.79 Å². The monoisotopic (exact) mass is 518 g/mol. The molecule has 0 aromatic heterocycles. The first-order valence-corrected chi connectivity index (χ1v) is 14.6. The van der Waals surface area contributed by atoms with Gasteiger partial charge in [0, 0.05) is 10.9 Å². The van der Waals surface area contributed by atoms with Gasteiger partial charge in [0.15, 0.2) is 8.38 Å². The number of rotatable bonds is 3. The minimum atomic E-state index is -2.29. The lowest BCUT2D eigenvalue weighted by atomic mass is 9.74. The molecule has 0 unspecified atom stereocenters. The highest BCUT2D eigenvalue weighted by molar-refractivity contribution is 7.54. The van der Waals surface area contributed by atoms with E-state index in [4.69, 9.17) is 0 Å². The van der Waals surface area contributed by atoms with E-state index in [1.807, 2.05) is 12.1 Å². The Morgan fingerprint density at radius 2 is 0.919 bits per heavy atom. The van der Waals surface area contributed by atoms with Crippen LogP contribution in [0.3, 0.4) is 0 Å². The van der Waals surface area contributed by atoms with Crippen LogP contribution in [0.15, 0.2) is 54.6 Å². The first-order valence-electron chi connectivity index (χ1n) is 13.3. The molecule has 37 heavy (non-hydrogen) atoms. The van der Waals surface area contributed by atoms with Crippen LogP contribution in [0.2, 0.25) is 0 Å². The quantitative estimate of drug-likeness (QED) is 0.339. The Kier molecular flexibility index (Phi) is 7.96. The molecular weight excluding hydrogens is 471 g/mol. The van der Waals surface area contributed by atoms with Gasteiger partial charge >= 0.3 is 0 Å². The Morgan fingerprint density at radius 3 is 1.32 bits per heavy atom. The van der Waals surface area contributed by atoms with Crippen LogP contribution in [0.5, 0.6) is 0 Å². The molecule has 0 bridgehead atoms. The van der Waals surface area contributed by atoms with E-state index in [1.54, 1.807) is 0 Å². The third-order valence-corrected chi connectivity index (χ3v) is 8.01. The van der Waals surface area contributed by atoms with Crippen molar-refractivity contribution in [3.63, 3.8) is 0 Å². The van der Waals surface area contributed by atoms with Crippen LogP contribution in [0.1, 0.15) is 105 Å². The normalized spacial score (nSPS) is 13.4. The molecule has 3 aromatic carbocycles. The fraction of sp³-hybridized carbons (Fsp3) is 0.471. The van der Waals surface area contributed by atoms with Gasteiger partial charge in [-0.2, -0.15) is 0 Å². The van der Waals surface area contributed by atoms with E-state index in [2.05, 4.69) is 126 Å². The summed E-state index contributed by atoms with van der Waals surface area (Å²) in [6.07, 6.45) is 0. The molecule has 0 aliphatic carbocycles. The first-order chi connectivity index (χ1) is 16.7. The first kappa shape index (κ1) is 29.6. The van der Waals surface area contributed by atoms with Crippen molar-refractivity contribution < 1.29 is 9.79 Å². The second kappa shape index (κ2) is 9.96. The molecule has 3 aromatic rings. The average Bonchev–Trinajstić information content (AvgIpc) is 2.75. The van der Waals surface area contributed by atoms with Crippen molar-refractivity contribution in [2.75, 3.05) is 0 Å². The van der Waals surface area contributed by atoms with Crippen molar-refractivity contribution in [1.82, 2.24) is 0 Å². The molecule has 0 saturated heterocycles. The van der Waals surface area contributed by atoms with Gasteiger partial charge in [0.1, 0.15) is 0 Å². The Labute approximate surface area is 227 Å². The fourth-order valence-corrected chi connectivity index (χ4v) is 5.59. The van der Waals surface area contributed by atoms with E-state index in [0.717, 1.165) is 22.3 Å². The fourth-order valence-electron chi connectivity index (χ4n) is 4.93. The molecule has 0 radical (unpaired) electrons. The van der Waals surface area contributed by atoms with Gasteiger partial charge in [-0.3, -0.25) is 0 Å². The maximum Gasteiger partial charge on any atom is 0.200 e. The molecule has 0 fully saturated rings. The van der Waals surface area contributed by atoms with Crippen LogP contribution in [0.4, 0.5) is 0 Å². The van der Waals surface area contributed by atoms with E-state index in [9.17, 15) is 9.79 Å². The summed E-state index contributed by atoms with van der Waals surface area (Å²) in [5.74, 6) is 0. The van der Waals surface area contributed by atoms with Crippen molar-refractivity contribution >= 4 is 13.7 Å². The highest BCUT2D eigenvalue weighted by Gasteiger charge is 2.29. The van der Waals surface area contributed by atoms with E-state index < -0.39 is 8.38 Å². The molecule has 200 valence electrons. The molecule has 0 aliphatic rings. The van der Waals surface area contributed by atoms with Gasteiger partial charge in [-0.25, -0.2) is 0 Å². The highest BCUT2D eigenvalue weighted by atomic mass is 31.2. The number of hydrogen-bond acceptors (Lipinski definition) is 2. The third kappa shape index (κ3) is 6.36. The predicted molar refractivity (Wildman–Crippen MR) is 163 cm³/mol. The van der Waals surface area contributed by atoms with Gasteiger partial charge in [-0.15, -0.1) is 0 Å². The van der Waals surface area contributed by atoms with Gasteiger partial charge in [-0.1, -0.05) is 132 Å². The van der Waals surface area contributed by atoms with Gasteiger partial charge in [0.05, 0.1) is 0 Å². The average molecular weight is 519 g/mol. The second-order valence-electron chi connectivity index (χ2n) is 14.5. The SMILES string of the molecule is CC(C)(C)c1ccc(-c2cccc(P(O)O)c2-c2ccc(C(C)(C)C)cc2C(C)(C)C)c(C(C)(C)C)c1. The maximum absolute atomic E-state index is 10.6. The number of benzene rings is 3. The van der Waals surface area contributed by atoms with Gasteiger partial charge in [0.25, 0.3) is 0 Å². The van der Waals surface area contributed by atoms with Crippen molar-refractivity contribution in [2.24, 2.45) is 0 Å². The van der Waals surface area contributed by atoms with Crippen LogP contribution < -0.4 is 5.30 Å². The lowest BCUT2D eigenvalue weighted by Gasteiger charge is -2.31. The van der Waals surface area contributed by atoms with Crippen molar-refractivity contribution in [2.45, 2.75) is 105 Å². The molecule has 2 N–H and O–H groups in total. The lowest BCUT2D eigenvalue weighted by molar-refractivity contribution is 0.497. The van der Waals surface area contributed by atoms with E-state index in [0.29, 0.717) is 5.30 Å². The molecule has 0 saturated carbocycles. The summed E-state index contributed by atoms with van der Waals surface area (Å²) in [4.78, 5) is 21.2. The largest absolute Gasteiger partial charge is 0.347 e. The molecule has 0 amide bonds. The van der Waals surface area contributed by atoms with Crippen LogP contribution in [0.25, 0.3) is 22.3 Å². The Morgan fingerprint density at radius 1 is 0.486 bits per heavy atom. The topological polar surface area (TPSA) is 40.5 Å². The van der Waals surface area contributed by atoms with E-state index in [1.165, 1.54) is 22.3 Å². The van der Waals surface area contributed by atoms with Gasteiger partial charge in [0.2, 0.25) is 0 Å². The Bertz CT molecular complexity index is 1270. The summed E-state index contributed by atoms with van der Waals surface area (Å²) < 4.78 is 0. The van der Waals surface area contributed by atoms with E-state index in [-0.39, 0.29) is 21.7 Å². The molecule has 3 heteroatoms. The molecule has 2 nitrogen and oxygen atoms in total. The molecule has 3 rings (SSSR count). The zero-order valence-electron chi connectivity index (χ0n) is 25.0. The molecule has 0 atom stereocenters. The zero-order chi connectivity index (χ0) is 28.1. The van der Waals surface area contributed by atoms with Crippen molar-refractivity contribution in [3.8, 4) is 22.3 Å². The minimum Gasteiger partial charge on any atom is -0.347 e. The molecule has 0 aliphatic heterocycles. The third-order valence-electron chi connectivity index (χ3n) is 7.20. The highest BCUT2D eigenvalue weighted by Crippen LogP contribution is 2.45. The smallest absolute Gasteiger partial charge is 0.200 e. The summed E-state index contributed by atoms with van der Waals surface area (Å²) in [6.45, 7) is 26.9. The van der Waals surface area contributed by atoms with Crippen molar-refractivity contribution in [3.05, 3.63) is 76.9 Å². The zero-order valence-corrected chi connectivity index (χ0v) is 25.9. The summed E-state index contributed by atoms with van der Waals surface area (Å²) in [5.41, 5.74) is 9.10. The second-order valence-corrected chi connectivity index (χ2v) is 15.6. The Balaban J connectivity index is 2.48. The summed E-state index contributed by atoms with van der Waals surface area (Å²) >= 11 is 0. The summed E-state index contributed by atoms with van der Waals surface area (Å²) in [7, 11) is -2.29. The number of hydrogen-bond donors (Lipinski definition) is 2. The van der Waals surface area contributed by atoms with Gasteiger partial charge < -0.3 is 9.79 Å². The van der Waals surface area contributed by atoms with Crippen LogP contribution in [0, 0.1) is 0 Å². The van der Waals surface area contributed by atoms with Crippen molar-refractivity contribution in [1.29, 1.82) is 0 Å². The van der Waals surface area contributed by atoms with Crippen LogP contribution >= 0.6 is 8.38 Å². The lowest BCUT2D eigenvalue weighted by Crippen LogP contribution is -2.20.